The first-order valence-corrected chi connectivity index (χ1v) is 11.3. The van der Waals surface area contributed by atoms with Crippen molar-refractivity contribution in [2.24, 2.45) is 7.05 Å². The Hall–Kier alpha value is -3.12. The highest BCUT2D eigenvalue weighted by Crippen LogP contribution is 2.32. The lowest BCUT2D eigenvalue weighted by atomic mass is 10.2. The molecule has 4 aromatic rings. The van der Waals surface area contributed by atoms with E-state index >= 15 is 0 Å². The number of thiophene rings is 1. The summed E-state index contributed by atoms with van der Waals surface area (Å²) >= 11 is 8.56. The molecule has 2 heterocycles. The van der Waals surface area contributed by atoms with E-state index in [0.29, 0.717) is 31.6 Å². The average molecular weight is 467 g/mol. The zero-order chi connectivity index (χ0) is 22.0. The summed E-state index contributed by atoms with van der Waals surface area (Å²) in [7, 11) is 1.64. The summed E-state index contributed by atoms with van der Waals surface area (Å²) in [6.07, 6.45) is 0. The lowest BCUT2D eigenvalue weighted by Gasteiger charge is -2.09. The third kappa shape index (κ3) is 4.49. The highest BCUT2D eigenvalue weighted by atomic mass is 35.5. The number of thioether (sulfide) groups is 1. The molecule has 31 heavy (non-hydrogen) atoms. The van der Waals surface area contributed by atoms with Gasteiger partial charge in [-0.25, -0.2) is 4.98 Å². The molecule has 9 heteroatoms. The molecule has 0 radical (unpaired) electrons. The van der Waals surface area contributed by atoms with Gasteiger partial charge in [-0.15, -0.1) is 11.3 Å². The van der Waals surface area contributed by atoms with E-state index < -0.39 is 0 Å². The quantitative estimate of drug-likeness (QED) is 0.333. The highest BCUT2D eigenvalue weighted by Gasteiger charge is 2.15. The maximum atomic E-state index is 12.8. The van der Waals surface area contributed by atoms with E-state index in [1.54, 1.807) is 19.2 Å². The van der Waals surface area contributed by atoms with Gasteiger partial charge < -0.3 is 5.32 Å². The Morgan fingerprint density at radius 2 is 2.03 bits per heavy atom. The van der Waals surface area contributed by atoms with Gasteiger partial charge in [0.25, 0.3) is 5.56 Å². The molecule has 2 aromatic heterocycles. The summed E-state index contributed by atoms with van der Waals surface area (Å²) in [6, 6.07) is 18.3. The summed E-state index contributed by atoms with van der Waals surface area (Å²) in [5, 5.41) is 13.3. The molecular formula is C22H15ClN4O2S2. The average Bonchev–Trinajstić information content (AvgIpc) is 3.20. The summed E-state index contributed by atoms with van der Waals surface area (Å²) in [5.41, 5.74) is 1.54. The summed E-state index contributed by atoms with van der Waals surface area (Å²) in [4.78, 5) is 31.4. The molecule has 0 spiro atoms. The van der Waals surface area contributed by atoms with Crippen molar-refractivity contribution in [2.75, 3.05) is 11.1 Å². The Kier molecular flexibility index (Phi) is 6.09. The molecule has 0 saturated carbocycles. The Bertz CT molecular complexity index is 1390. The Balaban J connectivity index is 1.56. The fourth-order valence-corrected chi connectivity index (χ4v) is 4.98. The van der Waals surface area contributed by atoms with Crippen LogP contribution in [0, 0.1) is 11.3 Å². The van der Waals surface area contributed by atoms with E-state index in [1.807, 2.05) is 42.5 Å². The number of carbonyl (C=O) groups excluding carboxylic acids is 1. The van der Waals surface area contributed by atoms with Gasteiger partial charge in [-0.05, 0) is 29.8 Å². The number of halogens is 1. The summed E-state index contributed by atoms with van der Waals surface area (Å²) < 4.78 is 1.45. The van der Waals surface area contributed by atoms with E-state index in [1.165, 1.54) is 22.0 Å². The van der Waals surface area contributed by atoms with E-state index in [-0.39, 0.29) is 17.2 Å². The molecule has 0 aliphatic carbocycles. The van der Waals surface area contributed by atoms with Crippen molar-refractivity contribution >= 4 is 56.5 Å². The zero-order valence-electron chi connectivity index (χ0n) is 16.3. The van der Waals surface area contributed by atoms with Crippen LogP contribution in [0.1, 0.15) is 5.56 Å². The number of nitrogens with one attached hydrogen (secondary N) is 1. The predicted octanol–water partition coefficient (Wildman–Crippen LogP) is 4.92. The Labute approximate surface area is 191 Å². The predicted molar refractivity (Wildman–Crippen MR) is 126 cm³/mol. The van der Waals surface area contributed by atoms with Crippen molar-refractivity contribution in [1.29, 1.82) is 5.26 Å². The van der Waals surface area contributed by atoms with Gasteiger partial charge in [0.15, 0.2) is 5.16 Å². The van der Waals surface area contributed by atoms with Gasteiger partial charge >= 0.3 is 0 Å². The van der Waals surface area contributed by atoms with Crippen molar-refractivity contribution in [3.8, 4) is 16.5 Å². The zero-order valence-corrected chi connectivity index (χ0v) is 18.6. The van der Waals surface area contributed by atoms with Gasteiger partial charge in [0.2, 0.25) is 5.91 Å². The molecule has 1 amide bonds. The molecule has 4 rings (SSSR count). The van der Waals surface area contributed by atoms with Gasteiger partial charge in [-0.3, -0.25) is 14.2 Å². The van der Waals surface area contributed by atoms with Crippen molar-refractivity contribution in [3.05, 3.63) is 75.5 Å². The second-order valence-electron chi connectivity index (χ2n) is 6.59. The summed E-state index contributed by atoms with van der Waals surface area (Å²) in [5.74, 6) is -0.297. The molecule has 0 aliphatic rings. The largest absolute Gasteiger partial charge is 0.324 e. The summed E-state index contributed by atoms with van der Waals surface area (Å²) in [6.45, 7) is 0. The van der Waals surface area contributed by atoms with Gasteiger partial charge in [0, 0.05) is 16.9 Å². The number of nitriles is 1. The standard InChI is InChI=1S/C22H15ClN4O2S2/c1-27-21(29)16-10-18(13-5-3-2-4-6-13)31-20(16)26-22(27)30-12-19(28)25-17-9-15(23)8-7-14(17)11-24/h2-10H,12H2,1H3,(H,25,28). The minimum atomic E-state index is -0.325. The van der Waals surface area contributed by atoms with Gasteiger partial charge in [0.1, 0.15) is 10.9 Å². The number of amides is 1. The van der Waals surface area contributed by atoms with Crippen LogP contribution < -0.4 is 10.9 Å². The monoisotopic (exact) mass is 466 g/mol. The van der Waals surface area contributed by atoms with Crippen LogP contribution in [0.4, 0.5) is 5.69 Å². The number of nitrogens with zero attached hydrogens (tertiary/aromatic N) is 3. The van der Waals surface area contributed by atoms with E-state index in [0.717, 1.165) is 22.2 Å². The third-order valence-corrected chi connectivity index (χ3v) is 6.84. The number of carbonyl (C=O) groups is 1. The van der Waals surface area contributed by atoms with Crippen molar-refractivity contribution < 1.29 is 4.79 Å². The van der Waals surface area contributed by atoms with Crippen LogP contribution in [0.15, 0.2) is 64.5 Å². The van der Waals surface area contributed by atoms with Crippen molar-refractivity contribution in [2.45, 2.75) is 5.16 Å². The SMILES string of the molecule is Cn1c(SCC(=O)Nc2cc(Cl)ccc2C#N)nc2sc(-c3ccccc3)cc2c1=O. The van der Waals surface area contributed by atoms with Gasteiger partial charge in [-0.1, -0.05) is 53.7 Å². The van der Waals surface area contributed by atoms with Crippen LogP contribution in [0.2, 0.25) is 5.02 Å². The molecule has 0 aliphatic heterocycles. The normalized spacial score (nSPS) is 10.7. The number of rotatable bonds is 5. The minimum absolute atomic E-state index is 0.0279. The first-order valence-electron chi connectivity index (χ1n) is 9.14. The number of aromatic nitrogens is 2. The number of benzene rings is 2. The molecule has 0 bridgehead atoms. The van der Waals surface area contributed by atoms with Crippen molar-refractivity contribution in [3.63, 3.8) is 0 Å². The highest BCUT2D eigenvalue weighted by molar-refractivity contribution is 7.99. The topological polar surface area (TPSA) is 87.8 Å². The number of hydrogen-bond donors (Lipinski definition) is 1. The molecular weight excluding hydrogens is 452 g/mol. The Morgan fingerprint density at radius 3 is 2.77 bits per heavy atom. The number of hydrogen-bond acceptors (Lipinski definition) is 6. The second kappa shape index (κ2) is 8.94. The van der Waals surface area contributed by atoms with Crippen molar-refractivity contribution in [1.82, 2.24) is 9.55 Å². The van der Waals surface area contributed by atoms with Crippen LogP contribution in [0.5, 0.6) is 0 Å². The van der Waals surface area contributed by atoms with E-state index in [2.05, 4.69) is 10.3 Å². The lowest BCUT2D eigenvalue weighted by molar-refractivity contribution is -0.113. The molecule has 6 nitrogen and oxygen atoms in total. The molecule has 0 unspecified atom stereocenters. The van der Waals surface area contributed by atoms with Gasteiger partial charge in [0.05, 0.1) is 22.4 Å². The van der Waals surface area contributed by atoms with E-state index in [9.17, 15) is 14.9 Å². The van der Waals surface area contributed by atoms with Crippen LogP contribution in [-0.2, 0) is 11.8 Å². The molecule has 2 aromatic carbocycles. The second-order valence-corrected chi connectivity index (χ2v) is 9.00. The Morgan fingerprint density at radius 1 is 1.26 bits per heavy atom. The lowest BCUT2D eigenvalue weighted by Crippen LogP contribution is -2.21. The van der Waals surface area contributed by atoms with E-state index in [4.69, 9.17) is 11.6 Å². The molecule has 154 valence electrons. The maximum absolute atomic E-state index is 12.8. The smallest absolute Gasteiger partial charge is 0.262 e. The van der Waals surface area contributed by atoms with Crippen LogP contribution >= 0.6 is 34.7 Å². The van der Waals surface area contributed by atoms with Gasteiger partial charge in [-0.2, -0.15) is 5.26 Å². The fourth-order valence-electron chi connectivity index (χ4n) is 2.95. The first-order chi connectivity index (χ1) is 15.0. The molecule has 0 saturated heterocycles. The number of fused-ring (bicyclic) bond motifs is 1. The third-order valence-electron chi connectivity index (χ3n) is 4.50. The van der Waals surface area contributed by atoms with Crippen LogP contribution in [0.3, 0.4) is 0 Å². The molecule has 1 N–H and O–H groups in total. The van der Waals surface area contributed by atoms with Crippen LogP contribution in [-0.4, -0.2) is 21.2 Å². The molecule has 0 atom stereocenters. The number of anilines is 1. The molecule has 0 fully saturated rings. The fraction of sp³-hybridized carbons (Fsp3) is 0.0909. The van der Waals surface area contributed by atoms with Crippen LogP contribution in [0.25, 0.3) is 20.7 Å². The maximum Gasteiger partial charge on any atom is 0.262 e. The minimum Gasteiger partial charge on any atom is -0.324 e. The first kappa shape index (κ1) is 21.1.